The molecule has 1 heterocycles. The van der Waals surface area contributed by atoms with E-state index in [0.717, 1.165) is 46.4 Å². The van der Waals surface area contributed by atoms with Crippen LogP contribution in [0, 0.1) is 23.7 Å². The third-order valence-corrected chi connectivity index (χ3v) is 16.4. The van der Waals surface area contributed by atoms with Gasteiger partial charge >= 0.3 is 0 Å². The summed E-state index contributed by atoms with van der Waals surface area (Å²) in [5.74, 6) is 3.43. The summed E-state index contributed by atoms with van der Waals surface area (Å²) in [6, 6.07) is 81.5. The van der Waals surface area contributed by atoms with Crippen LogP contribution < -0.4 is 4.90 Å². The lowest BCUT2D eigenvalue weighted by Crippen LogP contribution is -2.55. The van der Waals surface area contributed by atoms with Crippen molar-refractivity contribution in [3.8, 4) is 50.2 Å². The lowest BCUT2D eigenvalue weighted by atomic mass is 9.43. The molecule has 0 radical (unpaired) electrons. The molecule has 0 amide bonds. The highest BCUT2D eigenvalue weighted by molar-refractivity contribution is 6.10. The average molecular weight is 847 g/mol. The van der Waals surface area contributed by atoms with Gasteiger partial charge in [-0.3, -0.25) is 0 Å². The van der Waals surface area contributed by atoms with Crippen molar-refractivity contribution in [1.29, 1.82) is 0 Å². The number of anilines is 3. The maximum Gasteiger partial charge on any atom is 0.0561 e. The van der Waals surface area contributed by atoms with Crippen molar-refractivity contribution in [3.05, 3.63) is 230 Å². The molecule has 4 fully saturated rings. The Balaban J connectivity index is 0.864. The molecule has 1 spiro atoms. The van der Waals surface area contributed by atoms with Gasteiger partial charge in [0, 0.05) is 38.9 Å². The lowest BCUT2D eigenvalue weighted by molar-refractivity contribution is -0.0399. The first-order chi connectivity index (χ1) is 32.7. The van der Waals surface area contributed by atoms with Crippen LogP contribution in [0.4, 0.5) is 17.1 Å². The first kappa shape index (κ1) is 37.9. The monoisotopic (exact) mass is 846 g/mol. The van der Waals surface area contributed by atoms with Gasteiger partial charge in [0.15, 0.2) is 0 Å². The Hall–Kier alpha value is -7.42. The minimum Gasteiger partial charge on any atom is -0.310 e. The largest absolute Gasteiger partial charge is 0.310 e. The first-order valence-electron chi connectivity index (χ1n) is 24.2. The number of benzene rings is 9. The second kappa shape index (κ2) is 14.8. The molecule has 2 nitrogen and oxygen atoms in total. The topological polar surface area (TPSA) is 8.17 Å². The van der Waals surface area contributed by atoms with Crippen LogP contribution in [0.5, 0.6) is 0 Å². The summed E-state index contributed by atoms with van der Waals surface area (Å²) in [5, 5.41) is 2.50. The molecule has 15 rings (SSSR count). The van der Waals surface area contributed by atoms with E-state index in [2.05, 4.69) is 228 Å². The normalized spacial score (nSPS) is 21.1. The van der Waals surface area contributed by atoms with E-state index in [-0.39, 0.29) is 5.41 Å². The molecule has 5 aliphatic carbocycles. The molecular formula is C64H50N2. The third-order valence-electron chi connectivity index (χ3n) is 16.4. The van der Waals surface area contributed by atoms with Crippen LogP contribution >= 0.6 is 0 Å². The number of aromatic nitrogens is 1. The quantitative estimate of drug-likeness (QED) is 0.155. The Morgan fingerprint density at radius 2 is 0.833 bits per heavy atom. The first-order valence-corrected chi connectivity index (χ1v) is 24.2. The fourth-order valence-electron chi connectivity index (χ4n) is 13.8. The van der Waals surface area contributed by atoms with E-state index >= 15 is 0 Å². The maximum absolute atomic E-state index is 2.55. The van der Waals surface area contributed by atoms with Crippen LogP contribution in [-0.4, -0.2) is 4.57 Å². The molecule has 1 aromatic heterocycles. The zero-order chi connectivity index (χ0) is 43.3. The molecule has 4 bridgehead atoms. The van der Waals surface area contributed by atoms with Crippen molar-refractivity contribution >= 4 is 38.9 Å². The Morgan fingerprint density at radius 3 is 1.50 bits per heavy atom. The Labute approximate surface area is 387 Å². The summed E-state index contributed by atoms with van der Waals surface area (Å²) in [5.41, 5.74) is 20.7. The smallest absolute Gasteiger partial charge is 0.0561 e. The maximum atomic E-state index is 2.55. The predicted molar refractivity (Wildman–Crippen MR) is 275 cm³/mol. The molecule has 0 unspecified atom stereocenters. The van der Waals surface area contributed by atoms with Crippen molar-refractivity contribution in [3.63, 3.8) is 0 Å². The van der Waals surface area contributed by atoms with Crippen molar-refractivity contribution in [2.45, 2.75) is 37.5 Å². The number of para-hydroxylation sites is 2. The number of rotatable bonds is 7. The van der Waals surface area contributed by atoms with Crippen LogP contribution in [0.1, 0.15) is 43.2 Å². The highest BCUT2D eigenvalue weighted by Gasteiger charge is 2.61. The van der Waals surface area contributed by atoms with Gasteiger partial charge in [-0.05, 0) is 172 Å². The molecule has 0 N–H and O–H groups in total. The molecule has 0 aliphatic heterocycles. The highest BCUT2D eigenvalue weighted by atomic mass is 15.1. The standard InChI is InChI=1S/C64H50N2/c1-3-11-44(12-4-1)45-19-21-46(22-20-45)47-23-28-53(29-24-47)65(55-32-33-58-57-16-8-10-18-62(57)66(63(58)41-55)52-13-5-2-6-14-52)54-30-25-48(26-31-54)49-27-34-61-59(40-49)56-15-7-9-17-60(56)64(61)50-36-42-35-43(38-50)39-51(64)37-42/h1-34,40-43,50-51H,35-39H2. The minimum atomic E-state index is 0.191. The number of hydrogen-bond acceptors (Lipinski definition) is 1. The molecule has 4 saturated carbocycles. The van der Waals surface area contributed by atoms with Gasteiger partial charge in [0.25, 0.3) is 0 Å². The van der Waals surface area contributed by atoms with E-state index in [4.69, 9.17) is 0 Å². The lowest BCUT2D eigenvalue weighted by Gasteiger charge is -2.61. The summed E-state index contributed by atoms with van der Waals surface area (Å²) in [6.45, 7) is 0. The van der Waals surface area contributed by atoms with E-state index in [1.54, 1.807) is 11.1 Å². The molecule has 316 valence electrons. The second-order valence-corrected chi connectivity index (χ2v) is 19.7. The fourth-order valence-corrected chi connectivity index (χ4v) is 13.8. The minimum absolute atomic E-state index is 0.191. The van der Waals surface area contributed by atoms with Gasteiger partial charge in [-0.15, -0.1) is 0 Å². The molecule has 66 heavy (non-hydrogen) atoms. The molecule has 9 aromatic carbocycles. The van der Waals surface area contributed by atoms with Crippen molar-refractivity contribution < 1.29 is 0 Å². The van der Waals surface area contributed by atoms with E-state index in [1.165, 1.54) is 98.4 Å². The highest BCUT2D eigenvalue weighted by Crippen LogP contribution is 2.69. The Morgan fingerprint density at radius 1 is 0.348 bits per heavy atom. The Kier molecular flexibility index (Phi) is 8.50. The summed E-state index contributed by atoms with van der Waals surface area (Å²) in [7, 11) is 0. The van der Waals surface area contributed by atoms with Gasteiger partial charge in [0.05, 0.1) is 11.0 Å². The summed E-state index contributed by atoms with van der Waals surface area (Å²) >= 11 is 0. The Bertz CT molecular complexity index is 3420. The summed E-state index contributed by atoms with van der Waals surface area (Å²) < 4.78 is 2.41. The van der Waals surface area contributed by atoms with Crippen LogP contribution in [0.15, 0.2) is 218 Å². The van der Waals surface area contributed by atoms with Crippen molar-refractivity contribution in [2.24, 2.45) is 23.7 Å². The van der Waals surface area contributed by atoms with Gasteiger partial charge in [-0.2, -0.15) is 0 Å². The molecule has 2 heteroatoms. The zero-order valence-electron chi connectivity index (χ0n) is 37.0. The SMILES string of the molecule is c1ccc(-c2ccc(-c3ccc(N(c4ccc(-c5ccc6c(c5)-c5ccccc5C65C6CC7CC(C6)CC5C7)cc4)c4ccc5c6ccccc6n(-c6ccccc6)c5c4)cc3)cc2)cc1. The van der Waals surface area contributed by atoms with E-state index in [1.807, 2.05) is 0 Å². The van der Waals surface area contributed by atoms with E-state index in [9.17, 15) is 0 Å². The van der Waals surface area contributed by atoms with Gasteiger partial charge in [0.1, 0.15) is 0 Å². The zero-order valence-corrected chi connectivity index (χ0v) is 37.0. The molecule has 0 saturated heterocycles. The van der Waals surface area contributed by atoms with Crippen LogP contribution in [-0.2, 0) is 5.41 Å². The van der Waals surface area contributed by atoms with E-state index < -0.39 is 0 Å². The molecule has 5 aliphatic rings. The number of hydrogen-bond donors (Lipinski definition) is 0. The van der Waals surface area contributed by atoms with Gasteiger partial charge in [-0.1, -0.05) is 158 Å². The number of nitrogens with zero attached hydrogens (tertiary/aromatic N) is 2. The molecule has 0 atom stereocenters. The van der Waals surface area contributed by atoms with Gasteiger partial charge in [-0.25, -0.2) is 0 Å². The van der Waals surface area contributed by atoms with Crippen LogP contribution in [0.2, 0.25) is 0 Å². The fraction of sp³-hybridized carbons (Fsp3) is 0.156. The van der Waals surface area contributed by atoms with Crippen LogP contribution in [0.3, 0.4) is 0 Å². The third kappa shape index (κ3) is 5.73. The van der Waals surface area contributed by atoms with Gasteiger partial charge < -0.3 is 9.47 Å². The van der Waals surface area contributed by atoms with Crippen molar-refractivity contribution in [2.75, 3.05) is 4.90 Å². The summed E-state index contributed by atoms with van der Waals surface area (Å²) in [4.78, 5) is 2.42. The van der Waals surface area contributed by atoms with Crippen LogP contribution in [0.25, 0.3) is 72.0 Å². The predicted octanol–water partition coefficient (Wildman–Crippen LogP) is 17.0. The molecular weight excluding hydrogens is 797 g/mol. The van der Waals surface area contributed by atoms with Crippen molar-refractivity contribution in [1.82, 2.24) is 4.57 Å². The van der Waals surface area contributed by atoms with Gasteiger partial charge in [0.2, 0.25) is 0 Å². The number of fused-ring (bicyclic) bond motifs is 6. The van der Waals surface area contributed by atoms with E-state index in [0.29, 0.717) is 0 Å². The second-order valence-electron chi connectivity index (χ2n) is 19.7. The average Bonchev–Trinajstić information content (AvgIpc) is 3.86. The summed E-state index contributed by atoms with van der Waals surface area (Å²) in [6.07, 6.45) is 7.12. The molecule has 10 aromatic rings.